The largest absolute Gasteiger partial charge is 0.315 e. The van der Waals surface area contributed by atoms with Crippen LogP contribution in [0.5, 0.6) is 0 Å². The zero-order valence-corrected chi connectivity index (χ0v) is 12.1. The lowest BCUT2D eigenvalue weighted by Crippen LogP contribution is -2.56. The summed E-state index contributed by atoms with van der Waals surface area (Å²) in [5.74, 6) is 0. The Morgan fingerprint density at radius 3 is 2.56 bits per heavy atom. The first-order valence-corrected chi connectivity index (χ1v) is 7.61. The van der Waals surface area contributed by atoms with E-state index in [2.05, 4.69) is 30.4 Å². The fraction of sp³-hybridized carbons (Fsp3) is 0.625. The highest BCUT2D eigenvalue weighted by atomic mass is 35.5. The summed E-state index contributed by atoms with van der Waals surface area (Å²) in [6.45, 7) is 4.49. The van der Waals surface area contributed by atoms with Gasteiger partial charge in [0.05, 0.1) is 0 Å². The van der Waals surface area contributed by atoms with E-state index in [1.165, 1.54) is 44.1 Å². The highest BCUT2D eigenvalue weighted by Gasteiger charge is 2.37. The van der Waals surface area contributed by atoms with Crippen LogP contribution in [0.25, 0.3) is 0 Å². The summed E-state index contributed by atoms with van der Waals surface area (Å²) in [6.07, 6.45) is 8.09. The summed E-state index contributed by atoms with van der Waals surface area (Å²) in [5, 5.41) is 4.29. The van der Waals surface area contributed by atoms with Crippen LogP contribution in [0.15, 0.2) is 24.3 Å². The van der Waals surface area contributed by atoms with Gasteiger partial charge < -0.3 is 5.32 Å². The first-order chi connectivity index (χ1) is 8.77. The van der Waals surface area contributed by atoms with E-state index in [9.17, 15) is 0 Å². The molecule has 1 aromatic rings. The molecule has 1 aromatic carbocycles. The molecule has 1 fully saturated rings. The van der Waals surface area contributed by atoms with Crippen molar-refractivity contribution in [2.24, 2.45) is 0 Å². The minimum Gasteiger partial charge on any atom is -0.315 e. The molecule has 2 heteroatoms. The maximum Gasteiger partial charge on any atom is 0.0408 e. The third-order valence-corrected chi connectivity index (χ3v) is 4.36. The maximum absolute atomic E-state index is 6.11. The van der Waals surface area contributed by atoms with Crippen LogP contribution in [0, 0.1) is 0 Å². The minimum absolute atomic E-state index is 0.358. The smallest absolute Gasteiger partial charge is 0.0408 e. The Balaban J connectivity index is 1.90. The molecule has 0 radical (unpaired) electrons. The highest BCUT2D eigenvalue weighted by molar-refractivity contribution is 6.30. The van der Waals surface area contributed by atoms with Gasteiger partial charge >= 0.3 is 0 Å². The third kappa shape index (κ3) is 3.27. The van der Waals surface area contributed by atoms with Gasteiger partial charge in [-0.1, -0.05) is 62.8 Å². The summed E-state index contributed by atoms with van der Waals surface area (Å²) in [4.78, 5) is 0. The monoisotopic (exact) mass is 265 g/mol. The molecule has 1 saturated heterocycles. The molecule has 0 bridgehead atoms. The van der Waals surface area contributed by atoms with Gasteiger partial charge in [0.25, 0.3) is 0 Å². The summed E-state index contributed by atoms with van der Waals surface area (Å²) in [5.41, 5.74) is 1.78. The molecule has 100 valence electrons. The summed E-state index contributed by atoms with van der Waals surface area (Å²) in [7, 11) is 0. The molecule has 1 aliphatic heterocycles. The molecule has 2 rings (SSSR count). The van der Waals surface area contributed by atoms with Gasteiger partial charge in [-0.2, -0.15) is 0 Å². The molecule has 1 aliphatic rings. The van der Waals surface area contributed by atoms with Crippen molar-refractivity contribution in [2.45, 2.75) is 50.9 Å². The first-order valence-electron chi connectivity index (χ1n) is 7.24. The molecular weight excluding hydrogens is 242 g/mol. The van der Waals surface area contributed by atoms with Crippen molar-refractivity contribution in [1.82, 2.24) is 5.32 Å². The van der Waals surface area contributed by atoms with Crippen molar-refractivity contribution in [2.75, 3.05) is 13.1 Å². The average molecular weight is 266 g/mol. The molecule has 1 heterocycles. The molecule has 0 unspecified atom stereocenters. The zero-order valence-electron chi connectivity index (χ0n) is 11.3. The molecule has 0 spiro atoms. The molecule has 1 nitrogen and oxygen atoms in total. The zero-order chi connectivity index (χ0) is 12.8. The van der Waals surface area contributed by atoms with Crippen LogP contribution in [0.2, 0.25) is 5.02 Å². The van der Waals surface area contributed by atoms with Crippen molar-refractivity contribution in [3.8, 4) is 0 Å². The predicted molar refractivity (Wildman–Crippen MR) is 79.4 cm³/mol. The van der Waals surface area contributed by atoms with E-state index in [0.717, 1.165) is 18.1 Å². The van der Waals surface area contributed by atoms with Gasteiger partial charge in [0.15, 0.2) is 0 Å². The van der Waals surface area contributed by atoms with E-state index >= 15 is 0 Å². The van der Waals surface area contributed by atoms with Crippen LogP contribution in [0.4, 0.5) is 0 Å². The van der Waals surface area contributed by atoms with Crippen molar-refractivity contribution in [3.63, 3.8) is 0 Å². The van der Waals surface area contributed by atoms with Crippen LogP contribution in [-0.2, 0) is 5.41 Å². The van der Waals surface area contributed by atoms with Crippen LogP contribution in [0.3, 0.4) is 0 Å². The number of hydrogen-bond donors (Lipinski definition) is 1. The molecule has 0 amide bonds. The van der Waals surface area contributed by atoms with Crippen LogP contribution < -0.4 is 5.32 Å². The Morgan fingerprint density at radius 1 is 1.17 bits per heavy atom. The first kappa shape index (κ1) is 13.9. The number of hydrogen-bond acceptors (Lipinski definition) is 1. The van der Waals surface area contributed by atoms with Crippen LogP contribution in [-0.4, -0.2) is 13.1 Å². The SMILES string of the molecule is CCCCCCCC1(c2cccc(Cl)c2)CNC1. The molecule has 0 aromatic heterocycles. The van der Waals surface area contributed by atoms with Crippen LogP contribution in [0.1, 0.15) is 51.0 Å². The minimum atomic E-state index is 0.358. The quantitative estimate of drug-likeness (QED) is 0.714. The van der Waals surface area contributed by atoms with E-state index in [1.807, 2.05) is 6.07 Å². The van der Waals surface area contributed by atoms with Crippen molar-refractivity contribution < 1.29 is 0 Å². The lowest BCUT2D eigenvalue weighted by Gasteiger charge is -2.43. The van der Waals surface area contributed by atoms with Gasteiger partial charge in [0.1, 0.15) is 0 Å². The van der Waals surface area contributed by atoms with Gasteiger partial charge in [0, 0.05) is 23.5 Å². The Kier molecular flexibility index (Phi) is 5.08. The van der Waals surface area contributed by atoms with E-state index in [0.29, 0.717) is 5.41 Å². The summed E-state index contributed by atoms with van der Waals surface area (Å²) in [6, 6.07) is 8.42. The number of benzene rings is 1. The molecule has 18 heavy (non-hydrogen) atoms. The number of nitrogens with one attached hydrogen (secondary N) is 1. The number of unbranched alkanes of at least 4 members (excludes halogenated alkanes) is 4. The number of rotatable bonds is 7. The fourth-order valence-corrected chi connectivity index (χ4v) is 3.03. The van der Waals surface area contributed by atoms with Crippen molar-refractivity contribution in [1.29, 1.82) is 0 Å². The Bertz CT molecular complexity index is 371. The second-order valence-electron chi connectivity index (χ2n) is 5.56. The summed E-state index contributed by atoms with van der Waals surface area (Å²) < 4.78 is 0. The lowest BCUT2D eigenvalue weighted by molar-refractivity contribution is 0.249. The van der Waals surface area contributed by atoms with Crippen molar-refractivity contribution >= 4 is 11.6 Å². The van der Waals surface area contributed by atoms with Gasteiger partial charge in [-0.3, -0.25) is 0 Å². The van der Waals surface area contributed by atoms with E-state index < -0.39 is 0 Å². The molecule has 0 atom stereocenters. The standard InChI is InChI=1S/C16H24ClN/c1-2-3-4-5-6-10-16(12-18-13-16)14-8-7-9-15(17)11-14/h7-9,11,18H,2-6,10,12-13H2,1H3. The Labute approximate surface area is 116 Å². The summed E-state index contributed by atoms with van der Waals surface area (Å²) >= 11 is 6.11. The molecule has 0 aliphatic carbocycles. The van der Waals surface area contributed by atoms with Gasteiger partial charge in [0.2, 0.25) is 0 Å². The molecular formula is C16H24ClN. The molecule has 1 N–H and O–H groups in total. The van der Waals surface area contributed by atoms with E-state index in [4.69, 9.17) is 11.6 Å². The second kappa shape index (κ2) is 6.58. The Morgan fingerprint density at radius 2 is 1.94 bits per heavy atom. The van der Waals surface area contributed by atoms with Crippen LogP contribution >= 0.6 is 11.6 Å². The second-order valence-corrected chi connectivity index (χ2v) is 5.99. The van der Waals surface area contributed by atoms with E-state index in [1.54, 1.807) is 0 Å². The van der Waals surface area contributed by atoms with Crippen molar-refractivity contribution in [3.05, 3.63) is 34.9 Å². The van der Waals surface area contributed by atoms with Gasteiger partial charge in [-0.05, 0) is 24.1 Å². The third-order valence-electron chi connectivity index (χ3n) is 4.12. The number of halogens is 1. The highest BCUT2D eigenvalue weighted by Crippen LogP contribution is 2.35. The maximum atomic E-state index is 6.11. The van der Waals surface area contributed by atoms with Gasteiger partial charge in [-0.25, -0.2) is 0 Å². The normalized spacial score (nSPS) is 17.4. The topological polar surface area (TPSA) is 12.0 Å². The predicted octanol–water partition coefficient (Wildman–Crippen LogP) is 4.54. The molecule has 0 saturated carbocycles. The average Bonchev–Trinajstić information content (AvgIpc) is 2.32. The fourth-order valence-electron chi connectivity index (χ4n) is 2.84. The lowest BCUT2D eigenvalue weighted by atomic mass is 9.71. The Hall–Kier alpha value is -0.530. The van der Waals surface area contributed by atoms with E-state index in [-0.39, 0.29) is 0 Å². The van der Waals surface area contributed by atoms with Gasteiger partial charge in [-0.15, -0.1) is 0 Å².